The first-order valence-electron chi connectivity index (χ1n) is 0.548. The first-order valence-corrected chi connectivity index (χ1v) is 4.74. The molecule has 0 aliphatic heterocycles. The van der Waals surface area contributed by atoms with Crippen molar-refractivity contribution >= 4 is 25.1 Å². The van der Waals surface area contributed by atoms with Gasteiger partial charge in [-0.05, 0) is 0 Å². The van der Waals surface area contributed by atoms with Crippen LogP contribution in [0.1, 0.15) is 0 Å². The van der Waals surface area contributed by atoms with Gasteiger partial charge in [0.05, 0.1) is 0 Å². The Bertz CT molecular complexity index is 14.4. The Hall–Kier alpha value is 1.57. The van der Waals surface area contributed by atoms with Gasteiger partial charge in [0.15, 0.2) is 0 Å². The Kier molecular flexibility index (Phi) is 10.9. The van der Waals surface area contributed by atoms with Gasteiger partial charge in [0.1, 0.15) is 0 Å². The number of rotatable bonds is 0. The summed E-state index contributed by atoms with van der Waals surface area (Å²) in [5.41, 5.74) is 0. The molecular formula is AgAsO2S. The van der Waals surface area contributed by atoms with Gasteiger partial charge in [-0.3, -0.25) is 0 Å². The first kappa shape index (κ1) is 9.76. The third-order valence-electron chi connectivity index (χ3n) is 0. The van der Waals surface area contributed by atoms with E-state index in [2.05, 4.69) is 10.9 Å². The van der Waals surface area contributed by atoms with Crippen molar-refractivity contribution in [2.45, 2.75) is 0 Å². The first-order chi connectivity index (χ1) is 1.73. The second-order valence-corrected chi connectivity index (χ2v) is 2.71. The van der Waals surface area contributed by atoms with E-state index < -0.39 is 14.2 Å². The molecule has 0 saturated carbocycles. The quantitative estimate of drug-likeness (QED) is 0.344. The van der Waals surface area contributed by atoms with Crippen LogP contribution in [0.25, 0.3) is 0 Å². The topological polar surface area (TPSA) is 46.1 Å². The van der Waals surface area contributed by atoms with Crippen LogP contribution < -0.4 is 8.19 Å². The standard InChI is InChI=1S/Ag.AsO2S/c;2-1(3)4/q+3;-3. The molecule has 5 heteroatoms. The number of hydrogen-bond donors (Lipinski definition) is 0. The monoisotopic (exact) mass is 246 g/mol. The summed E-state index contributed by atoms with van der Waals surface area (Å²) in [6, 6.07) is 0. The minimum absolute atomic E-state index is 0. The molecule has 34 valence electrons. The third kappa shape index (κ3) is 28.8. The normalized spacial score (nSPS) is 7.20. The number of hydrogen-bond acceptors (Lipinski definition) is 3. The average molecular weight is 247 g/mol. The molecule has 0 atom stereocenters. The molecule has 0 aliphatic rings. The summed E-state index contributed by atoms with van der Waals surface area (Å²) in [7, 11) is 3.66. The van der Waals surface area contributed by atoms with E-state index in [1.54, 1.807) is 0 Å². The molecule has 2 nitrogen and oxygen atoms in total. The zero-order chi connectivity index (χ0) is 3.58. The second kappa shape index (κ2) is 5.57. The molecule has 0 amide bonds. The van der Waals surface area contributed by atoms with Crippen LogP contribution in [0.3, 0.4) is 0 Å². The summed E-state index contributed by atoms with van der Waals surface area (Å²) in [5, 5.41) is 0. The Morgan fingerprint density at radius 3 is 1.40 bits per heavy atom. The van der Waals surface area contributed by atoms with E-state index in [-0.39, 0.29) is 22.4 Å². The molecule has 0 fully saturated rings. The van der Waals surface area contributed by atoms with E-state index in [1.165, 1.54) is 0 Å². The summed E-state index contributed by atoms with van der Waals surface area (Å²) < 4.78 is 17.9. The van der Waals surface area contributed by atoms with Gasteiger partial charge in [-0.25, -0.2) is 0 Å². The van der Waals surface area contributed by atoms with Gasteiger partial charge in [-0.1, -0.05) is 0 Å². The average Bonchev–Trinajstić information content (AvgIpc) is 0.811. The van der Waals surface area contributed by atoms with Crippen molar-refractivity contribution in [3.8, 4) is 0 Å². The van der Waals surface area contributed by atoms with E-state index in [1.807, 2.05) is 0 Å². The van der Waals surface area contributed by atoms with Crippen molar-refractivity contribution in [1.29, 1.82) is 0 Å². The van der Waals surface area contributed by atoms with Gasteiger partial charge in [-0.15, -0.1) is 0 Å². The zero-order valence-electron chi connectivity index (χ0n) is 1.97. The molecule has 0 aromatic carbocycles. The molecular weight excluding hydrogens is 247 g/mol. The van der Waals surface area contributed by atoms with E-state index in [0.29, 0.717) is 0 Å². The molecule has 0 aromatic rings. The summed E-state index contributed by atoms with van der Waals surface area (Å²) >= 11 is -3.10. The van der Waals surface area contributed by atoms with Gasteiger partial charge >= 0.3 is 55.6 Å². The van der Waals surface area contributed by atoms with E-state index >= 15 is 0 Å². The Morgan fingerprint density at radius 1 is 1.40 bits per heavy atom. The van der Waals surface area contributed by atoms with E-state index in [9.17, 15) is 0 Å². The van der Waals surface area contributed by atoms with Gasteiger partial charge in [-0.2, -0.15) is 0 Å². The predicted molar refractivity (Wildman–Crippen MR) is 13.1 cm³/mol. The van der Waals surface area contributed by atoms with Crippen LogP contribution in [-0.4, -0.2) is 14.2 Å². The van der Waals surface area contributed by atoms with Gasteiger partial charge in [0, 0.05) is 0 Å². The second-order valence-electron chi connectivity index (χ2n) is 0.224. The van der Waals surface area contributed by atoms with Crippen molar-refractivity contribution < 1.29 is 30.6 Å². The van der Waals surface area contributed by atoms with Crippen molar-refractivity contribution in [2.75, 3.05) is 0 Å². The molecule has 0 saturated heterocycles. The van der Waals surface area contributed by atoms with Crippen LogP contribution in [-0.2, 0) is 33.3 Å². The molecule has 0 N–H and O–H groups in total. The van der Waals surface area contributed by atoms with Crippen molar-refractivity contribution in [1.82, 2.24) is 0 Å². The van der Waals surface area contributed by atoms with Gasteiger partial charge in [0.2, 0.25) is 0 Å². The van der Waals surface area contributed by atoms with Crippen LogP contribution in [0.4, 0.5) is 0 Å². The molecule has 0 rings (SSSR count). The molecule has 0 heterocycles. The summed E-state index contributed by atoms with van der Waals surface area (Å²) in [5.74, 6) is 0. The molecule has 0 aliphatic carbocycles. The van der Waals surface area contributed by atoms with Crippen LogP contribution in [0.2, 0.25) is 0 Å². The molecule has 0 spiro atoms. The zero-order valence-corrected chi connectivity index (χ0v) is 6.15. The fourth-order valence-corrected chi connectivity index (χ4v) is 0. The van der Waals surface area contributed by atoms with Crippen molar-refractivity contribution in [3.05, 3.63) is 0 Å². The molecule has 0 radical (unpaired) electrons. The predicted octanol–water partition coefficient (Wildman–Crippen LogP) is -2.76. The molecule has 0 aromatic heterocycles. The summed E-state index contributed by atoms with van der Waals surface area (Å²) in [6.07, 6.45) is 0. The van der Waals surface area contributed by atoms with E-state index in [0.717, 1.165) is 0 Å². The molecule has 0 unspecified atom stereocenters. The van der Waals surface area contributed by atoms with E-state index in [4.69, 9.17) is 8.19 Å². The van der Waals surface area contributed by atoms with Crippen LogP contribution in [0, 0.1) is 0 Å². The fourth-order valence-electron chi connectivity index (χ4n) is 0. The van der Waals surface area contributed by atoms with Crippen LogP contribution in [0.15, 0.2) is 0 Å². The van der Waals surface area contributed by atoms with Gasteiger partial charge < -0.3 is 0 Å². The SMILES string of the molecule is [Ag+3].[O-][As]([O-])[S-]. The summed E-state index contributed by atoms with van der Waals surface area (Å²) in [4.78, 5) is 0. The van der Waals surface area contributed by atoms with Crippen LogP contribution in [0.5, 0.6) is 0 Å². The summed E-state index contributed by atoms with van der Waals surface area (Å²) in [6.45, 7) is 0. The van der Waals surface area contributed by atoms with Gasteiger partial charge in [0.25, 0.3) is 0 Å². The maximum atomic E-state index is 8.93. The fraction of sp³-hybridized carbons (Fsp3) is 0. The molecule has 0 bridgehead atoms. The Morgan fingerprint density at radius 2 is 1.40 bits per heavy atom. The minimum atomic E-state index is -3.10. The molecule has 5 heavy (non-hydrogen) atoms. The Labute approximate surface area is 55.5 Å². The van der Waals surface area contributed by atoms with Crippen molar-refractivity contribution in [3.63, 3.8) is 0 Å². The van der Waals surface area contributed by atoms with Crippen LogP contribution >= 0.6 is 0 Å². The maximum absolute atomic E-state index is 8.93. The van der Waals surface area contributed by atoms with Crippen molar-refractivity contribution in [2.24, 2.45) is 0 Å². The Balaban J connectivity index is 0. The third-order valence-corrected chi connectivity index (χ3v) is 0.